The van der Waals surface area contributed by atoms with Crippen molar-refractivity contribution in [2.45, 2.75) is 64.6 Å². The molecule has 0 saturated heterocycles. The number of aryl methyl sites for hydroxylation is 2. The maximum atomic E-state index is 14.1. The van der Waals surface area contributed by atoms with Crippen molar-refractivity contribution in [3.8, 4) is 0 Å². The van der Waals surface area contributed by atoms with Crippen LogP contribution < -0.4 is 9.62 Å². The SMILES string of the molecule is CC[C@@H](C)NC(=O)[C@@H](C)N(Cc1c(Cl)cccc1Cl)C(=O)CN(c1ccc(Cl)cc1C)S(=O)(=O)c1ccc(C)cc1. The van der Waals surface area contributed by atoms with Crippen molar-refractivity contribution in [1.29, 1.82) is 0 Å². The molecule has 0 radical (unpaired) electrons. The Balaban J connectivity index is 2.10. The van der Waals surface area contributed by atoms with Crippen molar-refractivity contribution in [3.05, 3.63) is 92.4 Å². The molecule has 2 atom stereocenters. The Kier molecular flexibility index (Phi) is 11.1. The minimum Gasteiger partial charge on any atom is -0.352 e. The highest BCUT2D eigenvalue weighted by Gasteiger charge is 2.34. The number of hydrogen-bond donors (Lipinski definition) is 1. The normalized spacial score (nSPS) is 12.9. The van der Waals surface area contributed by atoms with Gasteiger partial charge in [0.05, 0.1) is 10.6 Å². The van der Waals surface area contributed by atoms with E-state index in [0.717, 1.165) is 9.87 Å². The maximum absolute atomic E-state index is 14.1. The molecule has 0 unspecified atom stereocenters. The summed E-state index contributed by atoms with van der Waals surface area (Å²) < 4.78 is 29.0. The van der Waals surface area contributed by atoms with E-state index in [1.54, 1.807) is 62.4 Å². The van der Waals surface area contributed by atoms with E-state index in [4.69, 9.17) is 34.8 Å². The number of carbonyl (C=O) groups is 2. The highest BCUT2D eigenvalue weighted by molar-refractivity contribution is 7.92. The van der Waals surface area contributed by atoms with Gasteiger partial charge in [-0.15, -0.1) is 0 Å². The van der Waals surface area contributed by atoms with Gasteiger partial charge in [0.1, 0.15) is 12.6 Å². The van der Waals surface area contributed by atoms with E-state index in [2.05, 4.69) is 5.32 Å². The molecule has 3 aromatic carbocycles. The monoisotopic (exact) mass is 637 g/mol. The quantitative estimate of drug-likeness (QED) is 0.251. The first kappa shape index (κ1) is 32.7. The van der Waals surface area contributed by atoms with Crippen molar-refractivity contribution in [3.63, 3.8) is 0 Å². The Morgan fingerprint density at radius 1 is 0.927 bits per heavy atom. The minimum absolute atomic E-state index is 0.0218. The third-order valence-electron chi connectivity index (χ3n) is 6.87. The van der Waals surface area contributed by atoms with Gasteiger partial charge in [-0.3, -0.25) is 13.9 Å². The van der Waals surface area contributed by atoms with Gasteiger partial charge in [0.15, 0.2) is 0 Å². The Morgan fingerprint density at radius 3 is 2.10 bits per heavy atom. The average molecular weight is 639 g/mol. The maximum Gasteiger partial charge on any atom is 0.264 e. The number of sulfonamides is 1. The molecule has 0 aliphatic rings. The van der Waals surface area contributed by atoms with Gasteiger partial charge in [0, 0.05) is 33.2 Å². The second-order valence-electron chi connectivity index (χ2n) is 9.97. The largest absolute Gasteiger partial charge is 0.352 e. The summed E-state index contributed by atoms with van der Waals surface area (Å²) in [6, 6.07) is 15.0. The van der Waals surface area contributed by atoms with Crippen molar-refractivity contribution >= 4 is 62.3 Å². The summed E-state index contributed by atoms with van der Waals surface area (Å²) in [7, 11) is -4.20. The molecule has 0 aliphatic carbocycles. The van der Waals surface area contributed by atoms with Crippen LogP contribution in [-0.2, 0) is 26.2 Å². The number of nitrogens with zero attached hydrogens (tertiary/aromatic N) is 2. The Labute approximate surface area is 257 Å². The van der Waals surface area contributed by atoms with Crippen molar-refractivity contribution in [1.82, 2.24) is 10.2 Å². The molecule has 3 rings (SSSR count). The Morgan fingerprint density at radius 2 is 1.54 bits per heavy atom. The lowest BCUT2D eigenvalue weighted by Crippen LogP contribution is -2.52. The zero-order valence-electron chi connectivity index (χ0n) is 23.6. The lowest BCUT2D eigenvalue weighted by atomic mass is 10.1. The van der Waals surface area contributed by atoms with Crippen molar-refractivity contribution < 1.29 is 18.0 Å². The molecule has 2 amide bonds. The smallest absolute Gasteiger partial charge is 0.264 e. The summed E-state index contributed by atoms with van der Waals surface area (Å²) in [5, 5.41) is 3.97. The van der Waals surface area contributed by atoms with Gasteiger partial charge in [0.25, 0.3) is 10.0 Å². The number of anilines is 1. The van der Waals surface area contributed by atoms with E-state index in [0.29, 0.717) is 32.6 Å². The predicted molar refractivity (Wildman–Crippen MR) is 166 cm³/mol. The first-order valence-electron chi connectivity index (χ1n) is 13.1. The van der Waals surface area contributed by atoms with E-state index >= 15 is 0 Å². The van der Waals surface area contributed by atoms with E-state index in [1.165, 1.54) is 17.0 Å². The van der Waals surface area contributed by atoms with Crippen LogP contribution in [0.5, 0.6) is 0 Å². The summed E-state index contributed by atoms with van der Waals surface area (Å²) in [4.78, 5) is 28.6. The van der Waals surface area contributed by atoms with Crippen LogP contribution in [0.4, 0.5) is 5.69 Å². The number of rotatable bonds is 11. The standard InChI is InChI=1S/C30H34Cl3N3O4S/c1-6-21(4)34-30(38)22(5)35(17-25-26(32)8-7-9-27(25)33)29(37)18-36(28-15-12-23(31)16-20(28)3)41(39,40)24-13-10-19(2)11-14-24/h7-16,21-22H,6,17-18H2,1-5H3,(H,34,38)/t21-,22-/m1/s1. The molecule has 1 N–H and O–H groups in total. The summed E-state index contributed by atoms with van der Waals surface area (Å²) in [5.74, 6) is -0.996. The molecule has 0 fully saturated rings. The van der Waals surface area contributed by atoms with Crippen LogP contribution in [0.1, 0.15) is 43.9 Å². The third-order valence-corrected chi connectivity index (χ3v) is 9.59. The minimum atomic E-state index is -4.20. The summed E-state index contributed by atoms with van der Waals surface area (Å²) in [6.45, 7) is 8.27. The first-order chi connectivity index (χ1) is 19.3. The number of benzene rings is 3. The van der Waals surface area contributed by atoms with Gasteiger partial charge in [-0.1, -0.05) is 65.5 Å². The van der Waals surface area contributed by atoms with Crippen LogP contribution >= 0.6 is 34.8 Å². The average Bonchev–Trinajstić information content (AvgIpc) is 2.91. The molecule has 0 spiro atoms. The summed E-state index contributed by atoms with van der Waals surface area (Å²) >= 11 is 19.0. The van der Waals surface area contributed by atoms with Gasteiger partial charge in [-0.05, 0) is 82.1 Å². The molecule has 0 aliphatic heterocycles. The molecule has 11 heteroatoms. The van der Waals surface area contributed by atoms with Gasteiger partial charge < -0.3 is 10.2 Å². The van der Waals surface area contributed by atoms with Crippen LogP contribution in [0.15, 0.2) is 65.6 Å². The fourth-order valence-corrected chi connectivity index (χ4v) is 6.37. The van der Waals surface area contributed by atoms with Crippen LogP contribution in [0.2, 0.25) is 15.1 Å². The number of nitrogens with one attached hydrogen (secondary N) is 1. The van der Waals surface area contributed by atoms with Gasteiger partial charge in [-0.2, -0.15) is 0 Å². The zero-order chi connectivity index (χ0) is 30.5. The molecule has 0 aromatic heterocycles. The van der Waals surface area contributed by atoms with Crippen molar-refractivity contribution in [2.75, 3.05) is 10.8 Å². The fraction of sp³-hybridized carbons (Fsp3) is 0.333. The third kappa shape index (κ3) is 7.95. The van der Waals surface area contributed by atoms with E-state index < -0.39 is 28.5 Å². The van der Waals surface area contributed by atoms with Crippen LogP contribution in [0, 0.1) is 13.8 Å². The van der Waals surface area contributed by atoms with Gasteiger partial charge in [0.2, 0.25) is 11.8 Å². The molecule has 3 aromatic rings. The molecule has 0 heterocycles. The summed E-state index contributed by atoms with van der Waals surface area (Å²) in [6.07, 6.45) is 0.696. The van der Waals surface area contributed by atoms with Crippen molar-refractivity contribution in [2.24, 2.45) is 0 Å². The highest BCUT2D eigenvalue weighted by Crippen LogP contribution is 2.31. The first-order valence-corrected chi connectivity index (χ1v) is 15.7. The van der Waals surface area contributed by atoms with Crippen LogP contribution in [-0.4, -0.2) is 43.8 Å². The Bertz CT molecular complexity index is 1490. The lowest BCUT2D eigenvalue weighted by molar-refractivity contribution is -0.139. The number of hydrogen-bond acceptors (Lipinski definition) is 4. The lowest BCUT2D eigenvalue weighted by Gasteiger charge is -2.33. The highest BCUT2D eigenvalue weighted by atomic mass is 35.5. The molecule has 0 bridgehead atoms. The van der Waals surface area contributed by atoms with Crippen LogP contribution in [0.25, 0.3) is 0 Å². The topological polar surface area (TPSA) is 86.8 Å². The summed E-state index contributed by atoms with van der Waals surface area (Å²) in [5.41, 5.74) is 2.18. The number of halogens is 3. The predicted octanol–water partition coefficient (Wildman–Crippen LogP) is 6.79. The zero-order valence-corrected chi connectivity index (χ0v) is 26.7. The molecule has 220 valence electrons. The Hall–Kier alpha value is -2.78. The van der Waals surface area contributed by atoms with E-state index in [9.17, 15) is 18.0 Å². The number of amides is 2. The number of carbonyl (C=O) groups excluding carboxylic acids is 2. The second kappa shape index (κ2) is 13.9. The fourth-order valence-electron chi connectivity index (χ4n) is 4.15. The molecule has 0 saturated carbocycles. The molecular formula is C30H34Cl3N3O4S. The molecule has 41 heavy (non-hydrogen) atoms. The molecular weight excluding hydrogens is 605 g/mol. The van der Waals surface area contributed by atoms with E-state index in [-0.39, 0.29) is 29.1 Å². The molecule has 7 nitrogen and oxygen atoms in total. The van der Waals surface area contributed by atoms with Gasteiger partial charge in [-0.25, -0.2) is 8.42 Å². The van der Waals surface area contributed by atoms with Gasteiger partial charge >= 0.3 is 0 Å². The van der Waals surface area contributed by atoms with Crippen LogP contribution in [0.3, 0.4) is 0 Å². The second-order valence-corrected chi connectivity index (χ2v) is 13.1. The van der Waals surface area contributed by atoms with E-state index in [1.807, 2.05) is 20.8 Å².